The summed E-state index contributed by atoms with van der Waals surface area (Å²) in [5.74, 6) is -0.551. The van der Waals surface area contributed by atoms with Gasteiger partial charge >= 0.3 is 0 Å². The lowest BCUT2D eigenvalue weighted by Crippen LogP contribution is -2.38. The first-order valence-corrected chi connectivity index (χ1v) is 8.00. The summed E-state index contributed by atoms with van der Waals surface area (Å²) in [4.78, 5) is -0.399. The monoisotopic (exact) mass is 342 g/mol. The third-order valence-corrected chi connectivity index (χ3v) is 4.82. The predicted octanol–water partition coefficient (Wildman–Crippen LogP) is 2.18. The van der Waals surface area contributed by atoms with Crippen molar-refractivity contribution in [3.05, 3.63) is 29.0 Å². The highest BCUT2D eigenvalue weighted by atomic mass is 35.5. The van der Waals surface area contributed by atoms with Crippen molar-refractivity contribution >= 4 is 34.0 Å². The van der Waals surface area contributed by atoms with Gasteiger partial charge in [-0.2, -0.15) is 0 Å². The van der Waals surface area contributed by atoms with Gasteiger partial charge in [-0.3, -0.25) is 0 Å². The highest BCUT2D eigenvalue weighted by Crippen LogP contribution is 2.20. The molecule has 1 saturated heterocycles. The van der Waals surface area contributed by atoms with Gasteiger partial charge in [0.2, 0.25) is 10.0 Å². The fraction of sp³-hybridized carbons (Fsp3) is 0.500. The molecule has 20 heavy (non-hydrogen) atoms. The molecule has 1 heterocycles. The van der Waals surface area contributed by atoms with E-state index in [1.165, 1.54) is 6.07 Å². The van der Waals surface area contributed by atoms with E-state index in [0.29, 0.717) is 6.54 Å². The SMILES string of the molecule is Cl.O=S(=O)(NCC1CCCNC1)c1cc(Cl)ccc1F. The molecular formula is C12H17Cl2FN2O2S. The molecule has 2 N–H and O–H groups in total. The number of benzene rings is 1. The highest BCUT2D eigenvalue weighted by Gasteiger charge is 2.21. The Labute approximate surface area is 129 Å². The predicted molar refractivity (Wildman–Crippen MR) is 79.4 cm³/mol. The molecule has 1 atom stereocenters. The number of hydrogen-bond acceptors (Lipinski definition) is 3. The van der Waals surface area contributed by atoms with E-state index < -0.39 is 20.7 Å². The summed E-state index contributed by atoms with van der Waals surface area (Å²) in [6, 6.07) is 3.50. The lowest BCUT2D eigenvalue weighted by atomic mass is 10.0. The molecule has 1 fully saturated rings. The van der Waals surface area contributed by atoms with Gasteiger partial charge < -0.3 is 5.32 Å². The van der Waals surface area contributed by atoms with Crippen LogP contribution in [0.5, 0.6) is 0 Å². The molecule has 0 spiro atoms. The normalized spacial score (nSPS) is 19.4. The zero-order valence-electron chi connectivity index (χ0n) is 10.7. The van der Waals surface area contributed by atoms with Gasteiger partial charge in [-0.25, -0.2) is 17.5 Å². The lowest BCUT2D eigenvalue weighted by molar-refractivity contribution is 0.375. The van der Waals surface area contributed by atoms with E-state index in [0.717, 1.165) is 38.1 Å². The Morgan fingerprint density at radius 3 is 2.85 bits per heavy atom. The number of hydrogen-bond donors (Lipinski definition) is 2. The van der Waals surface area contributed by atoms with E-state index in [9.17, 15) is 12.8 Å². The Hall–Kier alpha value is -0.400. The highest BCUT2D eigenvalue weighted by molar-refractivity contribution is 7.89. The minimum Gasteiger partial charge on any atom is -0.316 e. The Bertz CT molecular complexity index is 548. The quantitative estimate of drug-likeness (QED) is 0.881. The number of nitrogens with one attached hydrogen (secondary N) is 2. The summed E-state index contributed by atoms with van der Waals surface area (Å²) in [5, 5.41) is 3.40. The Balaban J connectivity index is 0.00000200. The van der Waals surface area contributed by atoms with E-state index in [1.54, 1.807) is 0 Å². The fourth-order valence-corrected chi connectivity index (χ4v) is 3.54. The standard InChI is InChI=1S/C12H16ClFN2O2S.ClH/c13-10-3-4-11(14)12(6-10)19(17,18)16-8-9-2-1-5-15-7-9;/h3-4,6,9,15-16H,1-2,5,7-8H2;1H. The average molecular weight is 343 g/mol. The van der Waals surface area contributed by atoms with Crippen LogP contribution in [-0.4, -0.2) is 28.1 Å². The molecule has 0 saturated carbocycles. The second-order valence-electron chi connectivity index (χ2n) is 4.64. The zero-order chi connectivity index (χ0) is 13.9. The van der Waals surface area contributed by atoms with Crippen molar-refractivity contribution in [1.82, 2.24) is 10.0 Å². The van der Waals surface area contributed by atoms with Crippen LogP contribution in [0.1, 0.15) is 12.8 Å². The molecule has 0 amide bonds. The topological polar surface area (TPSA) is 58.2 Å². The summed E-state index contributed by atoms with van der Waals surface area (Å²) in [6.45, 7) is 2.05. The number of piperidine rings is 1. The van der Waals surface area contributed by atoms with E-state index in [-0.39, 0.29) is 23.3 Å². The number of sulfonamides is 1. The van der Waals surface area contributed by atoms with Crippen LogP contribution in [0.2, 0.25) is 5.02 Å². The van der Waals surface area contributed by atoms with Crippen LogP contribution >= 0.6 is 24.0 Å². The molecule has 8 heteroatoms. The average Bonchev–Trinajstić information content (AvgIpc) is 2.40. The van der Waals surface area contributed by atoms with Crippen molar-refractivity contribution in [2.45, 2.75) is 17.7 Å². The van der Waals surface area contributed by atoms with Crippen molar-refractivity contribution in [1.29, 1.82) is 0 Å². The van der Waals surface area contributed by atoms with Gasteiger partial charge in [-0.15, -0.1) is 12.4 Å². The maximum absolute atomic E-state index is 13.5. The summed E-state index contributed by atoms with van der Waals surface area (Å²) in [6.07, 6.45) is 1.99. The Kier molecular flexibility index (Phi) is 6.68. The molecule has 1 aliphatic rings. The molecular weight excluding hydrogens is 326 g/mol. The number of halogens is 3. The maximum Gasteiger partial charge on any atom is 0.243 e. The maximum atomic E-state index is 13.5. The van der Waals surface area contributed by atoms with Gasteiger partial charge in [0.05, 0.1) is 0 Å². The molecule has 114 valence electrons. The van der Waals surface area contributed by atoms with Crippen molar-refractivity contribution in [3.63, 3.8) is 0 Å². The smallest absolute Gasteiger partial charge is 0.243 e. The van der Waals surface area contributed by atoms with Gasteiger partial charge in [0, 0.05) is 11.6 Å². The third-order valence-electron chi connectivity index (χ3n) is 3.14. The van der Waals surface area contributed by atoms with Crippen LogP contribution in [0.25, 0.3) is 0 Å². The van der Waals surface area contributed by atoms with E-state index >= 15 is 0 Å². The van der Waals surface area contributed by atoms with Crippen LogP contribution in [0, 0.1) is 11.7 Å². The molecule has 1 aromatic rings. The summed E-state index contributed by atoms with van der Waals surface area (Å²) in [7, 11) is -3.85. The molecule has 0 aromatic heterocycles. The molecule has 0 aliphatic carbocycles. The van der Waals surface area contributed by atoms with Gasteiger partial charge in [0.25, 0.3) is 0 Å². The Morgan fingerprint density at radius 1 is 1.45 bits per heavy atom. The van der Waals surface area contributed by atoms with Crippen LogP contribution in [0.4, 0.5) is 4.39 Å². The van der Waals surface area contributed by atoms with Gasteiger partial charge in [-0.05, 0) is 50.0 Å². The second-order valence-corrected chi connectivity index (χ2v) is 6.81. The molecule has 0 radical (unpaired) electrons. The lowest BCUT2D eigenvalue weighted by Gasteiger charge is -2.22. The minimum atomic E-state index is -3.85. The van der Waals surface area contributed by atoms with Crippen molar-refractivity contribution in [2.24, 2.45) is 5.92 Å². The molecule has 1 aliphatic heterocycles. The Morgan fingerprint density at radius 2 is 2.20 bits per heavy atom. The minimum absolute atomic E-state index is 0. The van der Waals surface area contributed by atoms with Crippen LogP contribution in [0.15, 0.2) is 23.1 Å². The van der Waals surface area contributed by atoms with Crippen molar-refractivity contribution in [3.8, 4) is 0 Å². The molecule has 2 rings (SSSR count). The third kappa shape index (κ3) is 4.56. The van der Waals surface area contributed by atoms with Crippen molar-refractivity contribution < 1.29 is 12.8 Å². The van der Waals surface area contributed by atoms with Gasteiger partial charge in [0.1, 0.15) is 10.7 Å². The van der Waals surface area contributed by atoms with Gasteiger partial charge in [-0.1, -0.05) is 11.6 Å². The number of rotatable bonds is 4. The zero-order valence-corrected chi connectivity index (χ0v) is 13.1. The summed E-state index contributed by atoms with van der Waals surface area (Å²) >= 11 is 5.70. The van der Waals surface area contributed by atoms with Crippen molar-refractivity contribution in [2.75, 3.05) is 19.6 Å². The first-order valence-electron chi connectivity index (χ1n) is 6.14. The van der Waals surface area contributed by atoms with E-state index in [4.69, 9.17) is 11.6 Å². The van der Waals surface area contributed by atoms with Gasteiger partial charge in [0.15, 0.2) is 0 Å². The molecule has 1 aromatic carbocycles. The first-order chi connectivity index (χ1) is 8.99. The van der Waals surface area contributed by atoms with Crippen LogP contribution < -0.4 is 10.0 Å². The summed E-state index contributed by atoms with van der Waals surface area (Å²) in [5.41, 5.74) is 0. The molecule has 0 bridgehead atoms. The second kappa shape index (κ2) is 7.56. The van der Waals surface area contributed by atoms with E-state index in [1.807, 2.05) is 0 Å². The van der Waals surface area contributed by atoms with Crippen LogP contribution in [-0.2, 0) is 10.0 Å². The largest absolute Gasteiger partial charge is 0.316 e. The van der Waals surface area contributed by atoms with Crippen LogP contribution in [0.3, 0.4) is 0 Å². The summed E-state index contributed by atoms with van der Waals surface area (Å²) < 4.78 is 40.0. The molecule has 1 unspecified atom stereocenters. The first kappa shape index (κ1) is 17.7. The van der Waals surface area contributed by atoms with E-state index in [2.05, 4.69) is 10.0 Å². The fourth-order valence-electron chi connectivity index (χ4n) is 2.09. The molecule has 4 nitrogen and oxygen atoms in total.